The highest BCUT2D eigenvalue weighted by Crippen LogP contribution is 2.24. The number of carboxylic acids is 1. The standard InChI is InChI=1S/C13H23N3O4/c1-7-4-3-5-10(7)16-12(19)8(2)15-13(20)9(14)6-11(17)18/h7-10H,3-6,14H2,1-2H3,(H,15,20)(H,16,19)(H,17,18)/t7-,8-,9+,10+/m1/s1. The number of aliphatic carboxylic acids is 1. The predicted octanol–water partition coefficient (Wildman–Crippen LogP) is -0.402. The van der Waals surface area contributed by atoms with Gasteiger partial charge in [-0.3, -0.25) is 14.4 Å². The molecular weight excluding hydrogens is 262 g/mol. The number of nitrogens with one attached hydrogen (secondary N) is 2. The predicted molar refractivity (Wildman–Crippen MR) is 72.8 cm³/mol. The molecule has 0 unspecified atom stereocenters. The summed E-state index contributed by atoms with van der Waals surface area (Å²) in [7, 11) is 0. The van der Waals surface area contributed by atoms with Crippen LogP contribution >= 0.6 is 0 Å². The normalized spacial score (nSPS) is 24.8. The summed E-state index contributed by atoms with van der Waals surface area (Å²) in [5.74, 6) is -1.60. The summed E-state index contributed by atoms with van der Waals surface area (Å²) < 4.78 is 0. The molecule has 114 valence electrons. The van der Waals surface area contributed by atoms with E-state index in [1.165, 1.54) is 0 Å². The lowest BCUT2D eigenvalue weighted by Crippen LogP contribution is -2.52. The van der Waals surface area contributed by atoms with E-state index in [1.54, 1.807) is 6.92 Å². The molecule has 0 aromatic carbocycles. The van der Waals surface area contributed by atoms with Gasteiger partial charge in [-0.25, -0.2) is 0 Å². The molecule has 0 radical (unpaired) electrons. The van der Waals surface area contributed by atoms with Crippen LogP contribution in [-0.4, -0.2) is 41.0 Å². The van der Waals surface area contributed by atoms with E-state index in [1.807, 2.05) is 0 Å². The quantitative estimate of drug-likeness (QED) is 0.529. The van der Waals surface area contributed by atoms with Gasteiger partial charge in [0.25, 0.3) is 0 Å². The topological polar surface area (TPSA) is 122 Å². The van der Waals surface area contributed by atoms with Crippen molar-refractivity contribution in [3.63, 3.8) is 0 Å². The Morgan fingerprint density at radius 3 is 2.45 bits per heavy atom. The Kier molecular flexibility index (Phi) is 5.94. The third-order valence-corrected chi connectivity index (χ3v) is 3.67. The number of amides is 2. The Bertz CT molecular complexity index is 386. The van der Waals surface area contributed by atoms with Crippen molar-refractivity contribution in [2.45, 2.75) is 57.7 Å². The molecule has 7 nitrogen and oxygen atoms in total. The summed E-state index contributed by atoms with van der Waals surface area (Å²) in [5, 5.41) is 13.9. The first-order valence-corrected chi connectivity index (χ1v) is 6.89. The number of carboxylic acid groups (broad SMARTS) is 1. The second-order valence-corrected chi connectivity index (χ2v) is 5.46. The van der Waals surface area contributed by atoms with Crippen molar-refractivity contribution >= 4 is 17.8 Å². The minimum absolute atomic E-state index is 0.148. The Hall–Kier alpha value is -1.63. The molecule has 0 spiro atoms. The smallest absolute Gasteiger partial charge is 0.305 e. The van der Waals surface area contributed by atoms with E-state index < -0.39 is 30.4 Å². The minimum Gasteiger partial charge on any atom is -0.481 e. The molecule has 20 heavy (non-hydrogen) atoms. The number of hydrogen-bond acceptors (Lipinski definition) is 4. The van der Waals surface area contributed by atoms with Crippen molar-refractivity contribution in [2.75, 3.05) is 0 Å². The molecule has 0 aromatic heterocycles. The van der Waals surface area contributed by atoms with Gasteiger partial charge in [-0.2, -0.15) is 0 Å². The first-order chi connectivity index (χ1) is 9.31. The van der Waals surface area contributed by atoms with Crippen LogP contribution in [0.2, 0.25) is 0 Å². The van der Waals surface area contributed by atoms with E-state index in [0.29, 0.717) is 5.92 Å². The minimum atomic E-state index is -1.15. The van der Waals surface area contributed by atoms with Gasteiger partial charge in [-0.05, 0) is 25.7 Å². The van der Waals surface area contributed by atoms with E-state index >= 15 is 0 Å². The van der Waals surface area contributed by atoms with Gasteiger partial charge in [-0.1, -0.05) is 13.3 Å². The average molecular weight is 285 g/mol. The van der Waals surface area contributed by atoms with Gasteiger partial charge < -0.3 is 21.5 Å². The highest BCUT2D eigenvalue weighted by Gasteiger charge is 2.27. The fourth-order valence-electron chi connectivity index (χ4n) is 2.33. The summed E-state index contributed by atoms with van der Waals surface area (Å²) in [5.41, 5.74) is 5.43. The van der Waals surface area contributed by atoms with Crippen molar-refractivity contribution in [1.29, 1.82) is 0 Å². The summed E-state index contributed by atoms with van der Waals surface area (Å²) in [6.07, 6.45) is 2.68. The molecule has 1 rings (SSSR count). The van der Waals surface area contributed by atoms with Gasteiger partial charge >= 0.3 is 5.97 Å². The van der Waals surface area contributed by atoms with Crippen LogP contribution in [0.25, 0.3) is 0 Å². The lowest BCUT2D eigenvalue weighted by molar-refractivity contribution is -0.139. The first kappa shape index (κ1) is 16.4. The molecular formula is C13H23N3O4. The maximum Gasteiger partial charge on any atom is 0.305 e. The SMILES string of the molecule is C[C@@H]1CCC[C@@H]1NC(=O)[C@@H](C)NC(=O)[C@@H](N)CC(=O)O. The number of rotatable bonds is 6. The van der Waals surface area contributed by atoms with Gasteiger partial charge in [0.05, 0.1) is 12.5 Å². The molecule has 0 saturated heterocycles. The van der Waals surface area contributed by atoms with Crippen molar-refractivity contribution in [3.8, 4) is 0 Å². The zero-order valence-electron chi connectivity index (χ0n) is 11.9. The van der Waals surface area contributed by atoms with Crippen molar-refractivity contribution in [1.82, 2.24) is 10.6 Å². The van der Waals surface area contributed by atoms with E-state index in [-0.39, 0.29) is 11.9 Å². The van der Waals surface area contributed by atoms with Crippen molar-refractivity contribution in [2.24, 2.45) is 11.7 Å². The van der Waals surface area contributed by atoms with Gasteiger partial charge in [0.1, 0.15) is 6.04 Å². The van der Waals surface area contributed by atoms with Gasteiger partial charge in [0, 0.05) is 6.04 Å². The van der Waals surface area contributed by atoms with Crippen molar-refractivity contribution < 1.29 is 19.5 Å². The van der Waals surface area contributed by atoms with Crippen LogP contribution in [0, 0.1) is 5.92 Å². The Morgan fingerprint density at radius 2 is 1.95 bits per heavy atom. The highest BCUT2D eigenvalue weighted by molar-refractivity contribution is 5.91. The van der Waals surface area contributed by atoms with Crippen LogP contribution < -0.4 is 16.4 Å². The third-order valence-electron chi connectivity index (χ3n) is 3.67. The maximum absolute atomic E-state index is 11.9. The van der Waals surface area contributed by atoms with E-state index in [4.69, 9.17) is 10.8 Å². The summed E-state index contributed by atoms with van der Waals surface area (Å²) >= 11 is 0. The first-order valence-electron chi connectivity index (χ1n) is 6.89. The molecule has 0 aliphatic heterocycles. The summed E-state index contributed by atoms with van der Waals surface area (Å²) in [6.45, 7) is 3.64. The van der Waals surface area contributed by atoms with Gasteiger partial charge in [-0.15, -0.1) is 0 Å². The van der Waals surface area contributed by atoms with Crippen LogP contribution in [0.4, 0.5) is 0 Å². The maximum atomic E-state index is 11.9. The number of nitrogens with two attached hydrogens (primary N) is 1. The van der Waals surface area contributed by atoms with E-state index in [0.717, 1.165) is 19.3 Å². The zero-order chi connectivity index (χ0) is 15.3. The van der Waals surface area contributed by atoms with Crippen LogP contribution in [0.1, 0.15) is 39.5 Å². The van der Waals surface area contributed by atoms with Gasteiger partial charge in [0.2, 0.25) is 11.8 Å². The monoisotopic (exact) mass is 285 g/mol. The molecule has 0 bridgehead atoms. The second-order valence-electron chi connectivity index (χ2n) is 5.46. The van der Waals surface area contributed by atoms with E-state index in [9.17, 15) is 14.4 Å². The molecule has 0 aromatic rings. The largest absolute Gasteiger partial charge is 0.481 e. The Balaban J connectivity index is 2.41. The van der Waals surface area contributed by atoms with Crippen LogP contribution in [0.5, 0.6) is 0 Å². The molecule has 4 atom stereocenters. The molecule has 1 fully saturated rings. The third kappa shape index (κ3) is 4.80. The van der Waals surface area contributed by atoms with Crippen LogP contribution in [0.15, 0.2) is 0 Å². The molecule has 2 amide bonds. The lowest BCUT2D eigenvalue weighted by atomic mass is 10.1. The van der Waals surface area contributed by atoms with Crippen LogP contribution in [-0.2, 0) is 14.4 Å². The Labute approximate surface area is 118 Å². The van der Waals surface area contributed by atoms with Gasteiger partial charge in [0.15, 0.2) is 0 Å². The molecule has 7 heteroatoms. The van der Waals surface area contributed by atoms with E-state index in [2.05, 4.69) is 17.6 Å². The molecule has 1 aliphatic carbocycles. The molecule has 1 saturated carbocycles. The molecule has 5 N–H and O–H groups in total. The summed E-state index contributed by atoms with van der Waals surface area (Å²) in [6, 6.07) is -1.72. The number of hydrogen-bond donors (Lipinski definition) is 4. The Morgan fingerprint density at radius 1 is 1.30 bits per heavy atom. The highest BCUT2D eigenvalue weighted by atomic mass is 16.4. The number of carbonyl (C=O) groups excluding carboxylic acids is 2. The fraction of sp³-hybridized carbons (Fsp3) is 0.769. The van der Waals surface area contributed by atoms with Crippen LogP contribution in [0.3, 0.4) is 0 Å². The molecule has 1 aliphatic rings. The molecule has 0 heterocycles. The van der Waals surface area contributed by atoms with Crippen molar-refractivity contribution in [3.05, 3.63) is 0 Å². The second kappa shape index (κ2) is 7.23. The summed E-state index contributed by atoms with van der Waals surface area (Å²) in [4.78, 5) is 34.0. The fourth-order valence-corrected chi connectivity index (χ4v) is 2.33. The average Bonchev–Trinajstić information content (AvgIpc) is 2.73. The lowest BCUT2D eigenvalue weighted by Gasteiger charge is -2.21. The zero-order valence-corrected chi connectivity index (χ0v) is 11.9. The number of carbonyl (C=O) groups is 3.